The molecule has 0 aliphatic carbocycles. The predicted octanol–water partition coefficient (Wildman–Crippen LogP) is 7.03. The zero-order valence-electron chi connectivity index (χ0n) is 22.5. The molecule has 0 atom stereocenters. The van der Waals surface area contributed by atoms with Crippen LogP contribution in [-0.4, -0.2) is 23.3 Å². The molecular weight excluding hydrogens is 448 g/mol. The van der Waals surface area contributed by atoms with Crippen LogP contribution in [0.3, 0.4) is 0 Å². The highest BCUT2D eigenvalue weighted by Gasteiger charge is 2.17. The first kappa shape index (κ1) is 27.2. The maximum Gasteiger partial charge on any atom is 0.224 e. The van der Waals surface area contributed by atoms with Gasteiger partial charge in [0, 0.05) is 48.0 Å². The minimum absolute atomic E-state index is 0.00247. The van der Waals surface area contributed by atoms with E-state index in [1.54, 1.807) is 6.20 Å². The number of pyridine rings is 1. The number of aryl methyl sites for hydroxylation is 1. The van der Waals surface area contributed by atoms with Crippen molar-refractivity contribution in [3.63, 3.8) is 0 Å². The van der Waals surface area contributed by atoms with Gasteiger partial charge in [-0.2, -0.15) is 0 Å². The van der Waals surface area contributed by atoms with Crippen LogP contribution in [0.5, 0.6) is 0 Å². The lowest BCUT2D eigenvalue weighted by molar-refractivity contribution is -0.118. The summed E-state index contributed by atoms with van der Waals surface area (Å²) in [6.45, 7) is 13.4. The normalized spacial score (nSPS) is 13.1. The number of aromatic nitrogens is 1. The standard InChI is InChI=1S/C15H22N2O.C15H18N2O/c2*1-15(2,3)10-14(18)17-12-6-7-13-11(9-12)5-4-8-16-13/h6-7,9,16H,4-5,8,10H2,1-3H3,(H,17,18);4-9H,10H2,1-3H3,(H,17,18). The summed E-state index contributed by atoms with van der Waals surface area (Å²) in [4.78, 5) is 28.0. The minimum atomic E-state index is 0.00247. The lowest BCUT2D eigenvalue weighted by Gasteiger charge is -2.20. The van der Waals surface area contributed by atoms with Crippen molar-refractivity contribution in [1.82, 2.24) is 4.98 Å². The minimum Gasteiger partial charge on any atom is -0.385 e. The van der Waals surface area contributed by atoms with Crippen LogP contribution < -0.4 is 16.0 Å². The number of hydrogen-bond donors (Lipinski definition) is 3. The van der Waals surface area contributed by atoms with E-state index in [1.807, 2.05) is 36.4 Å². The maximum atomic E-state index is 11.9. The van der Waals surface area contributed by atoms with Crippen molar-refractivity contribution in [2.45, 2.75) is 67.2 Å². The van der Waals surface area contributed by atoms with E-state index in [2.05, 4.69) is 74.6 Å². The number of fused-ring (bicyclic) bond motifs is 2. The van der Waals surface area contributed by atoms with E-state index < -0.39 is 0 Å². The van der Waals surface area contributed by atoms with Gasteiger partial charge in [-0.25, -0.2) is 0 Å². The van der Waals surface area contributed by atoms with Crippen LogP contribution in [0.2, 0.25) is 0 Å². The number of anilines is 3. The summed E-state index contributed by atoms with van der Waals surface area (Å²) in [6.07, 6.45) is 5.07. The molecule has 1 aliphatic rings. The number of carbonyl (C=O) groups is 2. The van der Waals surface area contributed by atoms with Crippen molar-refractivity contribution in [3.05, 3.63) is 60.3 Å². The molecule has 1 aromatic heterocycles. The summed E-state index contributed by atoms with van der Waals surface area (Å²) in [5.74, 6) is 0.136. The molecule has 192 valence electrons. The average Bonchev–Trinajstić information content (AvgIpc) is 2.77. The number of nitrogens with one attached hydrogen (secondary N) is 3. The maximum absolute atomic E-state index is 11.9. The molecule has 36 heavy (non-hydrogen) atoms. The van der Waals surface area contributed by atoms with E-state index in [0.717, 1.165) is 41.7 Å². The molecule has 0 radical (unpaired) electrons. The van der Waals surface area contributed by atoms with Gasteiger partial charge in [0.2, 0.25) is 11.8 Å². The molecule has 2 heterocycles. The van der Waals surface area contributed by atoms with E-state index >= 15 is 0 Å². The molecule has 0 saturated carbocycles. The number of hydrogen-bond acceptors (Lipinski definition) is 4. The van der Waals surface area contributed by atoms with Gasteiger partial charge < -0.3 is 16.0 Å². The summed E-state index contributed by atoms with van der Waals surface area (Å²) >= 11 is 0. The summed E-state index contributed by atoms with van der Waals surface area (Å²) in [7, 11) is 0. The predicted molar refractivity (Wildman–Crippen MR) is 150 cm³/mol. The molecule has 4 rings (SSSR count). The molecule has 3 N–H and O–H groups in total. The molecule has 0 fully saturated rings. The first-order valence-electron chi connectivity index (χ1n) is 12.7. The van der Waals surface area contributed by atoms with Crippen LogP contribution in [0.1, 0.15) is 66.4 Å². The highest BCUT2D eigenvalue weighted by Crippen LogP contribution is 2.26. The zero-order chi connectivity index (χ0) is 26.3. The van der Waals surface area contributed by atoms with Gasteiger partial charge in [-0.15, -0.1) is 0 Å². The molecule has 6 nitrogen and oxygen atoms in total. The highest BCUT2D eigenvalue weighted by atomic mass is 16.2. The van der Waals surface area contributed by atoms with Crippen LogP contribution >= 0.6 is 0 Å². The Balaban J connectivity index is 0.000000201. The number of benzene rings is 2. The second kappa shape index (κ2) is 11.5. The van der Waals surface area contributed by atoms with Crippen molar-refractivity contribution >= 4 is 39.8 Å². The van der Waals surface area contributed by atoms with Gasteiger partial charge in [0.1, 0.15) is 0 Å². The number of amides is 2. The van der Waals surface area contributed by atoms with Gasteiger partial charge in [0.05, 0.1) is 5.52 Å². The van der Waals surface area contributed by atoms with E-state index in [-0.39, 0.29) is 22.6 Å². The Morgan fingerprint density at radius 1 is 0.861 bits per heavy atom. The monoisotopic (exact) mass is 488 g/mol. The topological polar surface area (TPSA) is 83.1 Å². The first-order valence-corrected chi connectivity index (χ1v) is 12.7. The van der Waals surface area contributed by atoms with Gasteiger partial charge in [0.25, 0.3) is 0 Å². The molecule has 3 aromatic rings. The van der Waals surface area contributed by atoms with Crippen LogP contribution in [-0.2, 0) is 16.0 Å². The average molecular weight is 489 g/mol. The number of rotatable bonds is 4. The Bertz CT molecular complexity index is 1210. The Morgan fingerprint density at radius 2 is 1.47 bits per heavy atom. The third-order valence-corrected chi connectivity index (χ3v) is 5.60. The van der Waals surface area contributed by atoms with Gasteiger partial charge in [-0.05, 0) is 71.7 Å². The molecule has 2 amide bonds. The fraction of sp³-hybridized carbons (Fsp3) is 0.433. The van der Waals surface area contributed by atoms with Crippen molar-refractivity contribution in [3.8, 4) is 0 Å². The van der Waals surface area contributed by atoms with Crippen molar-refractivity contribution in [2.24, 2.45) is 10.8 Å². The zero-order valence-corrected chi connectivity index (χ0v) is 22.5. The Labute approximate surface area is 215 Å². The molecule has 0 saturated heterocycles. The lowest BCUT2D eigenvalue weighted by Crippen LogP contribution is -2.20. The Hall–Kier alpha value is -3.41. The third-order valence-electron chi connectivity index (χ3n) is 5.60. The Kier molecular flexibility index (Phi) is 8.72. The highest BCUT2D eigenvalue weighted by molar-refractivity contribution is 5.94. The molecule has 0 unspecified atom stereocenters. The second-order valence-corrected chi connectivity index (χ2v) is 11.9. The van der Waals surface area contributed by atoms with Gasteiger partial charge in [-0.1, -0.05) is 47.6 Å². The molecule has 6 heteroatoms. The summed E-state index contributed by atoms with van der Waals surface area (Å²) in [5, 5.41) is 10.3. The lowest BCUT2D eigenvalue weighted by atomic mass is 9.92. The molecule has 1 aliphatic heterocycles. The van der Waals surface area contributed by atoms with Gasteiger partial charge >= 0.3 is 0 Å². The molecular formula is C30H40N4O2. The van der Waals surface area contributed by atoms with E-state index in [0.29, 0.717) is 12.8 Å². The summed E-state index contributed by atoms with van der Waals surface area (Å²) < 4.78 is 0. The van der Waals surface area contributed by atoms with E-state index in [4.69, 9.17) is 0 Å². The molecule has 0 spiro atoms. The largest absolute Gasteiger partial charge is 0.385 e. The SMILES string of the molecule is CC(C)(C)CC(=O)Nc1ccc2c(c1)CCCN2.CC(C)(C)CC(=O)Nc1ccc2ncccc2c1. The van der Waals surface area contributed by atoms with Gasteiger partial charge in [-0.3, -0.25) is 14.6 Å². The third kappa shape index (κ3) is 8.99. The molecule has 0 bridgehead atoms. The second-order valence-electron chi connectivity index (χ2n) is 11.9. The van der Waals surface area contributed by atoms with Gasteiger partial charge in [0.15, 0.2) is 0 Å². The first-order chi connectivity index (χ1) is 16.9. The Morgan fingerprint density at radius 3 is 2.11 bits per heavy atom. The smallest absolute Gasteiger partial charge is 0.224 e. The van der Waals surface area contributed by atoms with Crippen LogP contribution in [0, 0.1) is 10.8 Å². The van der Waals surface area contributed by atoms with Crippen molar-refractivity contribution in [2.75, 3.05) is 22.5 Å². The summed E-state index contributed by atoms with van der Waals surface area (Å²) in [6, 6.07) is 15.7. The van der Waals surface area contributed by atoms with E-state index in [9.17, 15) is 9.59 Å². The fourth-order valence-electron chi connectivity index (χ4n) is 4.08. The van der Waals surface area contributed by atoms with Crippen LogP contribution in [0.25, 0.3) is 10.9 Å². The van der Waals surface area contributed by atoms with E-state index in [1.165, 1.54) is 11.3 Å². The number of nitrogens with zero attached hydrogens (tertiary/aromatic N) is 1. The van der Waals surface area contributed by atoms with Crippen LogP contribution in [0.4, 0.5) is 17.1 Å². The fourth-order valence-corrected chi connectivity index (χ4v) is 4.08. The van der Waals surface area contributed by atoms with Crippen molar-refractivity contribution in [1.29, 1.82) is 0 Å². The van der Waals surface area contributed by atoms with Crippen LogP contribution in [0.15, 0.2) is 54.7 Å². The summed E-state index contributed by atoms with van der Waals surface area (Å²) in [5.41, 5.74) is 5.20. The van der Waals surface area contributed by atoms with Crippen molar-refractivity contribution < 1.29 is 9.59 Å². The number of carbonyl (C=O) groups excluding carboxylic acids is 2. The quantitative estimate of drug-likeness (QED) is 0.368. The molecule has 2 aromatic carbocycles.